The lowest BCUT2D eigenvalue weighted by atomic mass is 10.2. The van der Waals surface area contributed by atoms with E-state index in [4.69, 9.17) is 4.42 Å². The van der Waals surface area contributed by atoms with Crippen LogP contribution in [0.5, 0.6) is 0 Å². The van der Waals surface area contributed by atoms with Crippen LogP contribution in [0, 0.1) is 0 Å². The molecule has 1 aromatic carbocycles. The zero-order chi connectivity index (χ0) is 17.5. The van der Waals surface area contributed by atoms with Gasteiger partial charge in [-0.15, -0.1) is 0 Å². The molecule has 25 heavy (non-hydrogen) atoms. The van der Waals surface area contributed by atoms with E-state index in [1.165, 1.54) is 0 Å². The highest BCUT2D eigenvalue weighted by molar-refractivity contribution is 5.85. The molecule has 1 saturated heterocycles. The first-order valence-corrected chi connectivity index (χ1v) is 9.03. The molecule has 1 amide bonds. The van der Waals surface area contributed by atoms with Crippen LogP contribution in [0.2, 0.25) is 0 Å². The van der Waals surface area contributed by atoms with Crippen LogP contribution in [0.3, 0.4) is 0 Å². The number of guanidine groups is 1. The van der Waals surface area contributed by atoms with Gasteiger partial charge in [0.25, 0.3) is 0 Å². The monoisotopic (exact) mass is 342 g/mol. The lowest BCUT2D eigenvalue weighted by Crippen LogP contribution is -2.39. The second-order valence-corrected chi connectivity index (χ2v) is 6.21. The Morgan fingerprint density at radius 2 is 2.04 bits per heavy atom. The lowest BCUT2D eigenvalue weighted by Gasteiger charge is -2.15. The summed E-state index contributed by atoms with van der Waals surface area (Å²) in [4.78, 5) is 18.4. The van der Waals surface area contributed by atoms with E-state index in [0.717, 1.165) is 55.6 Å². The fourth-order valence-electron chi connectivity index (χ4n) is 3.02. The van der Waals surface area contributed by atoms with Crippen LogP contribution < -0.4 is 10.6 Å². The summed E-state index contributed by atoms with van der Waals surface area (Å²) >= 11 is 0. The number of hydrogen-bond donors (Lipinski definition) is 2. The Balaban J connectivity index is 1.50. The minimum atomic E-state index is 0.104. The van der Waals surface area contributed by atoms with Crippen LogP contribution in [-0.4, -0.2) is 49.5 Å². The number of carbonyl (C=O) groups excluding carboxylic acids is 1. The Morgan fingerprint density at radius 3 is 2.80 bits per heavy atom. The van der Waals surface area contributed by atoms with Crippen molar-refractivity contribution in [2.45, 2.75) is 26.2 Å². The molecule has 0 bridgehead atoms. The van der Waals surface area contributed by atoms with Crippen LogP contribution in [-0.2, 0) is 11.2 Å². The fraction of sp³-hybridized carbons (Fsp3) is 0.474. The van der Waals surface area contributed by atoms with Crippen molar-refractivity contribution in [1.82, 2.24) is 15.5 Å². The SMILES string of the molecule is CCNC(=NCC(=O)N1CCCC1)NCCc1cc2ccccc2o1. The Morgan fingerprint density at radius 1 is 1.24 bits per heavy atom. The summed E-state index contributed by atoms with van der Waals surface area (Å²) in [6.07, 6.45) is 2.97. The number of aliphatic imine (C=N–C) groups is 1. The second-order valence-electron chi connectivity index (χ2n) is 6.21. The normalized spacial score (nSPS) is 14.9. The number of nitrogens with one attached hydrogen (secondary N) is 2. The molecule has 1 aromatic heterocycles. The molecule has 3 rings (SSSR count). The summed E-state index contributed by atoms with van der Waals surface area (Å²) in [5, 5.41) is 7.57. The van der Waals surface area contributed by atoms with Crippen LogP contribution in [0.1, 0.15) is 25.5 Å². The van der Waals surface area contributed by atoms with E-state index >= 15 is 0 Å². The van der Waals surface area contributed by atoms with E-state index in [2.05, 4.69) is 21.7 Å². The van der Waals surface area contributed by atoms with E-state index in [9.17, 15) is 4.79 Å². The van der Waals surface area contributed by atoms with Gasteiger partial charge in [0.2, 0.25) is 5.91 Å². The molecule has 0 atom stereocenters. The standard InChI is InChI=1S/C19H26N4O2/c1-2-20-19(22-14-18(24)23-11-5-6-12-23)21-10-9-16-13-15-7-3-4-8-17(15)25-16/h3-4,7-8,13H,2,5-6,9-12,14H2,1H3,(H2,20,21,22). The summed E-state index contributed by atoms with van der Waals surface area (Å²) < 4.78 is 5.81. The number of furan rings is 1. The van der Waals surface area contributed by atoms with Crippen molar-refractivity contribution < 1.29 is 9.21 Å². The van der Waals surface area contributed by atoms with Crippen LogP contribution in [0.15, 0.2) is 39.7 Å². The molecule has 0 aliphatic carbocycles. The number of rotatable bonds is 6. The molecule has 6 nitrogen and oxygen atoms in total. The third kappa shape index (κ3) is 4.75. The Hall–Kier alpha value is -2.50. The Kier molecular flexibility index (Phi) is 5.93. The van der Waals surface area contributed by atoms with Crippen LogP contribution >= 0.6 is 0 Å². The van der Waals surface area contributed by atoms with Crippen molar-refractivity contribution in [2.24, 2.45) is 4.99 Å². The van der Waals surface area contributed by atoms with Gasteiger partial charge in [-0.3, -0.25) is 4.79 Å². The molecule has 1 fully saturated rings. The molecule has 0 radical (unpaired) electrons. The number of benzene rings is 1. The zero-order valence-corrected chi connectivity index (χ0v) is 14.8. The van der Waals surface area contributed by atoms with Gasteiger partial charge >= 0.3 is 0 Å². The average Bonchev–Trinajstić information content (AvgIpc) is 3.28. The van der Waals surface area contributed by atoms with Crippen molar-refractivity contribution in [1.29, 1.82) is 0 Å². The predicted octanol–water partition coefficient (Wildman–Crippen LogP) is 2.15. The number of para-hydroxylation sites is 1. The molecule has 0 spiro atoms. The average molecular weight is 342 g/mol. The van der Waals surface area contributed by atoms with Crippen LogP contribution in [0.4, 0.5) is 0 Å². The number of amides is 1. The summed E-state index contributed by atoms with van der Waals surface area (Å²) in [7, 11) is 0. The number of nitrogens with zero attached hydrogens (tertiary/aromatic N) is 2. The maximum absolute atomic E-state index is 12.1. The summed E-state index contributed by atoms with van der Waals surface area (Å²) in [6.45, 7) is 5.39. The Bertz CT molecular complexity index is 699. The van der Waals surface area contributed by atoms with Gasteiger partial charge in [0.05, 0.1) is 0 Å². The molecule has 0 unspecified atom stereocenters. The minimum Gasteiger partial charge on any atom is -0.461 e. The van der Waals surface area contributed by atoms with E-state index in [1.54, 1.807) is 0 Å². The highest BCUT2D eigenvalue weighted by Gasteiger charge is 2.17. The minimum absolute atomic E-state index is 0.104. The topological polar surface area (TPSA) is 69.9 Å². The molecular weight excluding hydrogens is 316 g/mol. The maximum Gasteiger partial charge on any atom is 0.244 e. The van der Waals surface area contributed by atoms with Crippen molar-refractivity contribution in [2.75, 3.05) is 32.7 Å². The molecule has 2 heterocycles. The van der Waals surface area contributed by atoms with Gasteiger partial charge in [-0.05, 0) is 31.9 Å². The highest BCUT2D eigenvalue weighted by Crippen LogP contribution is 2.18. The first kappa shape index (κ1) is 17.3. The molecule has 1 aliphatic heterocycles. The highest BCUT2D eigenvalue weighted by atomic mass is 16.3. The third-order valence-electron chi connectivity index (χ3n) is 4.32. The van der Waals surface area contributed by atoms with Gasteiger partial charge in [0.15, 0.2) is 5.96 Å². The van der Waals surface area contributed by atoms with Crippen molar-refractivity contribution in [3.05, 3.63) is 36.1 Å². The Labute approximate surface area is 148 Å². The summed E-state index contributed by atoms with van der Waals surface area (Å²) in [5.41, 5.74) is 0.911. The van der Waals surface area contributed by atoms with Gasteiger partial charge in [0.1, 0.15) is 17.9 Å². The van der Waals surface area contributed by atoms with Gasteiger partial charge in [0, 0.05) is 38.0 Å². The number of carbonyl (C=O) groups is 1. The van der Waals surface area contributed by atoms with E-state index in [-0.39, 0.29) is 12.5 Å². The fourth-order valence-corrected chi connectivity index (χ4v) is 3.02. The van der Waals surface area contributed by atoms with Gasteiger partial charge in [-0.2, -0.15) is 0 Å². The van der Waals surface area contributed by atoms with Crippen molar-refractivity contribution in [3.8, 4) is 0 Å². The quantitative estimate of drug-likeness (QED) is 0.623. The van der Waals surface area contributed by atoms with Gasteiger partial charge in [-0.1, -0.05) is 18.2 Å². The number of likely N-dealkylation sites (tertiary alicyclic amines) is 1. The predicted molar refractivity (Wildman–Crippen MR) is 99.7 cm³/mol. The molecule has 0 saturated carbocycles. The number of hydrogen-bond acceptors (Lipinski definition) is 3. The molecular formula is C19H26N4O2. The van der Waals surface area contributed by atoms with E-state index in [0.29, 0.717) is 12.5 Å². The summed E-state index contributed by atoms with van der Waals surface area (Å²) in [5.74, 6) is 1.72. The van der Waals surface area contributed by atoms with Crippen molar-refractivity contribution >= 4 is 22.8 Å². The molecule has 2 N–H and O–H groups in total. The number of fused-ring (bicyclic) bond motifs is 1. The summed E-state index contributed by atoms with van der Waals surface area (Å²) in [6, 6.07) is 10.1. The van der Waals surface area contributed by atoms with E-state index in [1.807, 2.05) is 36.1 Å². The molecule has 1 aliphatic rings. The molecule has 2 aromatic rings. The zero-order valence-electron chi connectivity index (χ0n) is 14.8. The first-order chi connectivity index (χ1) is 12.3. The van der Waals surface area contributed by atoms with Gasteiger partial charge < -0.3 is 20.0 Å². The van der Waals surface area contributed by atoms with E-state index < -0.39 is 0 Å². The lowest BCUT2D eigenvalue weighted by molar-refractivity contribution is -0.128. The van der Waals surface area contributed by atoms with Gasteiger partial charge in [-0.25, -0.2) is 4.99 Å². The first-order valence-electron chi connectivity index (χ1n) is 9.03. The maximum atomic E-state index is 12.1. The largest absolute Gasteiger partial charge is 0.461 e. The third-order valence-corrected chi connectivity index (χ3v) is 4.32. The van der Waals surface area contributed by atoms with Crippen LogP contribution in [0.25, 0.3) is 11.0 Å². The second kappa shape index (κ2) is 8.55. The molecule has 6 heteroatoms. The van der Waals surface area contributed by atoms with Crippen molar-refractivity contribution in [3.63, 3.8) is 0 Å². The molecule has 134 valence electrons. The smallest absolute Gasteiger partial charge is 0.244 e.